The largest absolute Gasteiger partial charge is 0.381 e. The summed E-state index contributed by atoms with van der Waals surface area (Å²) in [4.78, 5) is 0. The van der Waals surface area contributed by atoms with Crippen molar-refractivity contribution in [2.75, 3.05) is 19.8 Å². The van der Waals surface area contributed by atoms with Crippen LogP contribution in [0.3, 0.4) is 0 Å². The maximum atomic E-state index is 5.51. The van der Waals surface area contributed by atoms with E-state index < -0.39 is 0 Å². The zero-order valence-corrected chi connectivity index (χ0v) is 12.6. The molecular formula is C17H31NO. The summed E-state index contributed by atoms with van der Waals surface area (Å²) in [6.45, 7) is 5.78. The molecule has 2 nitrogen and oxygen atoms in total. The summed E-state index contributed by atoms with van der Waals surface area (Å²) in [5.74, 6) is 3.85. The molecule has 0 amide bonds. The van der Waals surface area contributed by atoms with Crippen molar-refractivity contribution in [3.05, 3.63) is 0 Å². The maximum Gasteiger partial charge on any atom is 0.0468 e. The van der Waals surface area contributed by atoms with Gasteiger partial charge in [-0.3, -0.25) is 0 Å². The predicted molar refractivity (Wildman–Crippen MR) is 79.2 cm³/mol. The molecule has 3 fully saturated rings. The fourth-order valence-electron chi connectivity index (χ4n) is 4.13. The van der Waals surface area contributed by atoms with Crippen molar-refractivity contribution in [2.24, 2.45) is 23.7 Å². The van der Waals surface area contributed by atoms with Gasteiger partial charge >= 0.3 is 0 Å². The fraction of sp³-hybridized carbons (Fsp3) is 1.00. The Balaban J connectivity index is 1.50. The van der Waals surface area contributed by atoms with Gasteiger partial charge in [0.15, 0.2) is 0 Å². The van der Waals surface area contributed by atoms with Crippen molar-refractivity contribution in [3.63, 3.8) is 0 Å². The van der Waals surface area contributed by atoms with Gasteiger partial charge in [-0.2, -0.15) is 0 Å². The van der Waals surface area contributed by atoms with E-state index in [9.17, 15) is 0 Å². The number of nitrogens with one attached hydrogen (secondary N) is 1. The molecule has 1 saturated heterocycles. The average Bonchev–Trinajstić information content (AvgIpc) is 3.23. The van der Waals surface area contributed by atoms with Gasteiger partial charge < -0.3 is 10.1 Å². The van der Waals surface area contributed by atoms with Crippen LogP contribution in [0.15, 0.2) is 0 Å². The fourth-order valence-corrected chi connectivity index (χ4v) is 4.13. The first-order valence-corrected chi connectivity index (χ1v) is 8.62. The second kappa shape index (κ2) is 6.58. The number of rotatable bonds is 5. The Hall–Kier alpha value is -0.0800. The summed E-state index contributed by atoms with van der Waals surface area (Å²) in [6.07, 6.45) is 11.4. The Kier molecular flexibility index (Phi) is 4.81. The zero-order chi connectivity index (χ0) is 13.1. The van der Waals surface area contributed by atoms with Crippen LogP contribution < -0.4 is 5.32 Å². The molecule has 1 aliphatic heterocycles. The summed E-state index contributed by atoms with van der Waals surface area (Å²) >= 11 is 0. The van der Waals surface area contributed by atoms with E-state index in [1.807, 2.05) is 0 Å². The van der Waals surface area contributed by atoms with E-state index in [0.717, 1.165) is 42.9 Å². The first-order valence-electron chi connectivity index (χ1n) is 8.62. The van der Waals surface area contributed by atoms with Crippen molar-refractivity contribution in [1.82, 2.24) is 5.32 Å². The molecule has 110 valence electrons. The third kappa shape index (κ3) is 4.19. The monoisotopic (exact) mass is 265 g/mol. The molecule has 0 spiro atoms. The minimum atomic E-state index is 0.878. The Morgan fingerprint density at radius 2 is 1.74 bits per heavy atom. The van der Waals surface area contributed by atoms with Crippen molar-refractivity contribution in [2.45, 2.75) is 64.3 Å². The lowest BCUT2D eigenvalue weighted by atomic mass is 9.70. The second-order valence-corrected chi connectivity index (χ2v) is 7.41. The van der Waals surface area contributed by atoms with Crippen LogP contribution in [0.2, 0.25) is 0 Å². The van der Waals surface area contributed by atoms with E-state index in [1.165, 1.54) is 57.9 Å². The number of ether oxygens (including phenoxy) is 1. The molecule has 3 rings (SSSR count). The van der Waals surface area contributed by atoms with Crippen LogP contribution in [0.25, 0.3) is 0 Å². The highest BCUT2D eigenvalue weighted by Gasteiger charge is 2.32. The van der Waals surface area contributed by atoms with Gasteiger partial charge in [-0.1, -0.05) is 13.3 Å². The van der Waals surface area contributed by atoms with Gasteiger partial charge in [0.05, 0.1) is 0 Å². The highest BCUT2D eigenvalue weighted by molar-refractivity contribution is 4.86. The summed E-state index contributed by atoms with van der Waals surface area (Å²) in [5.41, 5.74) is 0. The van der Waals surface area contributed by atoms with Gasteiger partial charge in [-0.05, 0) is 75.2 Å². The van der Waals surface area contributed by atoms with Crippen LogP contribution in [0.4, 0.5) is 0 Å². The van der Waals surface area contributed by atoms with Gasteiger partial charge in [0.1, 0.15) is 0 Å². The lowest BCUT2D eigenvalue weighted by Gasteiger charge is -2.38. The molecule has 3 atom stereocenters. The lowest BCUT2D eigenvalue weighted by Crippen LogP contribution is -2.35. The van der Waals surface area contributed by atoms with Gasteiger partial charge in [0.2, 0.25) is 0 Å². The second-order valence-electron chi connectivity index (χ2n) is 7.41. The van der Waals surface area contributed by atoms with E-state index in [-0.39, 0.29) is 0 Å². The van der Waals surface area contributed by atoms with Crippen LogP contribution in [0.5, 0.6) is 0 Å². The standard InChI is InChI=1S/C17H31NO/c1-13-2-3-15(12-18-17-4-5-17)16(10-13)11-14-6-8-19-9-7-14/h13-18H,2-12H2,1H3. The highest BCUT2D eigenvalue weighted by atomic mass is 16.5. The number of hydrogen-bond donors (Lipinski definition) is 1. The normalized spacial score (nSPS) is 37.4. The van der Waals surface area contributed by atoms with Crippen molar-refractivity contribution in [1.29, 1.82) is 0 Å². The molecule has 0 aromatic carbocycles. The molecule has 0 aromatic heterocycles. The Morgan fingerprint density at radius 3 is 2.47 bits per heavy atom. The van der Waals surface area contributed by atoms with Crippen molar-refractivity contribution >= 4 is 0 Å². The summed E-state index contributed by atoms with van der Waals surface area (Å²) in [6, 6.07) is 0.878. The molecule has 1 N–H and O–H groups in total. The predicted octanol–water partition coefficient (Wildman–Crippen LogP) is 3.61. The van der Waals surface area contributed by atoms with E-state index in [1.54, 1.807) is 0 Å². The quantitative estimate of drug-likeness (QED) is 0.820. The van der Waals surface area contributed by atoms with Gasteiger partial charge in [0.25, 0.3) is 0 Å². The van der Waals surface area contributed by atoms with E-state index >= 15 is 0 Å². The van der Waals surface area contributed by atoms with Gasteiger partial charge in [0, 0.05) is 19.3 Å². The summed E-state index contributed by atoms with van der Waals surface area (Å²) < 4.78 is 5.51. The zero-order valence-electron chi connectivity index (χ0n) is 12.6. The minimum absolute atomic E-state index is 0.878. The summed E-state index contributed by atoms with van der Waals surface area (Å²) in [5, 5.41) is 3.78. The van der Waals surface area contributed by atoms with Crippen molar-refractivity contribution < 1.29 is 4.74 Å². The Morgan fingerprint density at radius 1 is 0.947 bits per heavy atom. The molecule has 2 saturated carbocycles. The molecule has 3 unspecified atom stereocenters. The third-order valence-electron chi connectivity index (χ3n) is 5.63. The van der Waals surface area contributed by atoms with E-state index in [4.69, 9.17) is 4.74 Å². The van der Waals surface area contributed by atoms with Crippen LogP contribution >= 0.6 is 0 Å². The molecule has 2 aliphatic carbocycles. The molecule has 3 aliphatic rings. The molecule has 0 bridgehead atoms. The molecule has 19 heavy (non-hydrogen) atoms. The smallest absolute Gasteiger partial charge is 0.0468 e. The average molecular weight is 265 g/mol. The van der Waals surface area contributed by atoms with E-state index in [2.05, 4.69) is 12.2 Å². The van der Waals surface area contributed by atoms with Gasteiger partial charge in [-0.15, -0.1) is 0 Å². The SMILES string of the molecule is CC1CCC(CNC2CC2)C(CC2CCOCC2)C1. The minimum Gasteiger partial charge on any atom is -0.381 e. The first kappa shape index (κ1) is 13.9. The first-order chi connectivity index (χ1) is 9.31. The van der Waals surface area contributed by atoms with Crippen LogP contribution in [0.1, 0.15) is 58.3 Å². The summed E-state index contributed by atoms with van der Waals surface area (Å²) in [7, 11) is 0. The van der Waals surface area contributed by atoms with Crippen LogP contribution in [0, 0.1) is 23.7 Å². The molecule has 1 heterocycles. The van der Waals surface area contributed by atoms with Crippen LogP contribution in [-0.4, -0.2) is 25.8 Å². The van der Waals surface area contributed by atoms with E-state index in [0.29, 0.717) is 0 Å². The Labute approximate surface area is 118 Å². The van der Waals surface area contributed by atoms with Crippen LogP contribution in [-0.2, 0) is 4.74 Å². The Bertz CT molecular complexity index is 270. The topological polar surface area (TPSA) is 21.3 Å². The molecule has 0 aromatic rings. The lowest BCUT2D eigenvalue weighted by molar-refractivity contribution is 0.0472. The van der Waals surface area contributed by atoms with Gasteiger partial charge in [-0.25, -0.2) is 0 Å². The molecule has 0 radical (unpaired) electrons. The third-order valence-corrected chi connectivity index (χ3v) is 5.63. The molecular weight excluding hydrogens is 234 g/mol. The number of hydrogen-bond acceptors (Lipinski definition) is 2. The van der Waals surface area contributed by atoms with Crippen molar-refractivity contribution in [3.8, 4) is 0 Å². The maximum absolute atomic E-state index is 5.51. The molecule has 2 heteroatoms. The highest BCUT2D eigenvalue weighted by Crippen LogP contribution is 2.39.